The van der Waals surface area contributed by atoms with Crippen molar-refractivity contribution in [3.05, 3.63) is 64.2 Å². The predicted octanol–water partition coefficient (Wildman–Crippen LogP) is 2.60. The minimum absolute atomic E-state index is 0.0378. The molecule has 2 aromatic rings. The highest BCUT2D eigenvalue weighted by atomic mass is 35.5. The number of halogens is 2. The molecule has 1 atom stereocenters. The van der Waals surface area contributed by atoms with Crippen LogP contribution in [0.3, 0.4) is 0 Å². The molecule has 2 N–H and O–H groups in total. The minimum atomic E-state index is -4.03. The van der Waals surface area contributed by atoms with Gasteiger partial charge in [-0.1, -0.05) is 47.5 Å². The van der Waals surface area contributed by atoms with Crippen molar-refractivity contribution >= 4 is 39.2 Å². The van der Waals surface area contributed by atoms with Gasteiger partial charge >= 0.3 is 5.97 Å². The zero-order valence-electron chi connectivity index (χ0n) is 10.9. The highest BCUT2D eigenvalue weighted by molar-refractivity contribution is 7.89. The predicted molar refractivity (Wildman–Crippen MR) is 81.3 cm³/mol. The fraction of sp³-hybridized carbons (Fsp3) is 0.0714. The van der Waals surface area contributed by atoms with E-state index in [0.717, 1.165) is 0 Å². The average Bonchev–Trinajstić information content (AvgIpc) is 2.71. The summed E-state index contributed by atoms with van der Waals surface area (Å²) in [7, 11) is -4.03. The van der Waals surface area contributed by atoms with Crippen molar-refractivity contribution in [2.75, 3.05) is 0 Å². The molecule has 0 fully saturated rings. The number of carbonyl (C=O) groups excluding carboxylic acids is 1. The van der Waals surface area contributed by atoms with Crippen LogP contribution in [-0.4, -0.2) is 14.4 Å². The summed E-state index contributed by atoms with van der Waals surface area (Å²) in [6, 6.07) is 10.6. The molecule has 0 saturated heterocycles. The van der Waals surface area contributed by atoms with Gasteiger partial charge in [0.25, 0.3) is 0 Å². The average molecular weight is 358 g/mol. The quantitative estimate of drug-likeness (QED) is 0.660. The third-order valence-electron chi connectivity index (χ3n) is 3.34. The number of ether oxygens (including phenoxy) is 1. The van der Waals surface area contributed by atoms with Crippen molar-refractivity contribution in [2.45, 2.75) is 9.96 Å². The lowest BCUT2D eigenvalue weighted by atomic mass is 9.99. The van der Waals surface area contributed by atoms with Crippen molar-refractivity contribution in [1.29, 1.82) is 0 Å². The maximum absolute atomic E-state index is 11.9. The topological polar surface area (TPSA) is 86.5 Å². The molecule has 114 valence electrons. The van der Waals surface area contributed by atoms with E-state index in [2.05, 4.69) is 0 Å². The van der Waals surface area contributed by atoms with Crippen LogP contribution in [0.2, 0.25) is 5.02 Å². The number of fused-ring (bicyclic) bond motifs is 1. The summed E-state index contributed by atoms with van der Waals surface area (Å²) < 4.78 is 28.4. The van der Waals surface area contributed by atoms with Gasteiger partial charge in [0.05, 0.1) is 10.6 Å². The summed E-state index contributed by atoms with van der Waals surface area (Å²) in [5.74, 6) is -0.585. The van der Waals surface area contributed by atoms with E-state index in [1.807, 2.05) is 0 Å². The third kappa shape index (κ3) is 2.28. The Kier molecular flexibility index (Phi) is 3.45. The monoisotopic (exact) mass is 357 g/mol. The molecule has 22 heavy (non-hydrogen) atoms. The number of rotatable bonds is 2. The van der Waals surface area contributed by atoms with Crippen molar-refractivity contribution in [1.82, 2.24) is 0 Å². The van der Waals surface area contributed by atoms with Crippen LogP contribution >= 0.6 is 23.2 Å². The fourth-order valence-corrected chi connectivity index (χ4v) is 3.74. The van der Waals surface area contributed by atoms with Crippen LogP contribution in [0.15, 0.2) is 47.4 Å². The van der Waals surface area contributed by atoms with Gasteiger partial charge in [-0.3, -0.25) is 0 Å². The molecule has 0 radical (unpaired) electrons. The Labute approximate surface area is 136 Å². The van der Waals surface area contributed by atoms with Crippen molar-refractivity contribution in [3.63, 3.8) is 0 Å². The number of hydrogen-bond acceptors (Lipinski definition) is 4. The summed E-state index contributed by atoms with van der Waals surface area (Å²) in [6.07, 6.45) is 0. The molecule has 0 aromatic heterocycles. The van der Waals surface area contributed by atoms with Gasteiger partial charge < -0.3 is 4.74 Å². The number of alkyl halides is 1. The molecule has 1 unspecified atom stereocenters. The van der Waals surface area contributed by atoms with Gasteiger partial charge in [-0.25, -0.2) is 18.4 Å². The largest absolute Gasteiger partial charge is 0.431 e. The van der Waals surface area contributed by atoms with E-state index in [1.54, 1.807) is 24.3 Å². The van der Waals surface area contributed by atoms with Crippen molar-refractivity contribution in [3.8, 4) is 0 Å². The lowest BCUT2D eigenvalue weighted by molar-refractivity contribution is 0.0366. The summed E-state index contributed by atoms with van der Waals surface area (Å²) >= 11 is 12.3. The van der Waals surface area contributed by atoms with Gasteiger partial charge in [-0.15, -0.1) is 0 Å². The molecule has 2 aromatic carbocycles. The van der Waals surface area contributed by atoms with Crippen LogP contribution in [0.1, 0.15) is 21.5 Å². The number of hydrogen-bond donors (Lipinski definition) is 1. The van der Waals surface area contributed by atoms with Crippen LogP contribution in [0.4, 0.5) is 0 Å². The van der Waals surface area contributed by atoms with Crippen LogP contribution in [0, 0.1) is 0 Å². The first-order valence-electron chi connectivity index (χ1n) is 6.08. The Morgan fingerprint density at radius 3 is 2.50 bits per heavy atom. The van der Waals surface area contributed by atoms with Gasteiger partial charge in [0.1, 0.15) is 4.90 Å². The molecule has 5 nitrogen and oxygen atoms in total. The Morgan fingerprint density at radius 2 is 1.82 bits per heavy atom. The zero-order chi connectivity index (χ0) is 16.1. The Balaban J connectivity index is 2.23. The van der Waals surface area contributed by atoms with Gasteiger partial charge in [0, 0.05) is 11.1 Å². The van der Waals surface area contributed by atoms with E-state index in [0.29, 0.717) is 11.1 Å². The molecule has 3 rings (SSSR count). The smallest absolute Gasteiger partial charge is 0.340 e. The van der Waals surface area contributed by atoms with E-state index in [1.165, 1.54) is 18.2 Å². The lowest BCUT2D eigenvalue weighted by Crippen LogP contribution is -2.21. The minimum Gasteiger partial charge on any atom is -0.431 e. The second-order valence-corrected chi connectivity index (χ2v) is 7.19. The summed E-state index contributed by atoms with van der Waals surface area (Å²) in [4.78, 5) is 11.6. The summed E-state index contributed by atoms with van der Waals surface area (Å²) in [6.45, 7) is 0. The molecule has 0 saturated carbocycles. The van der Waals surface area contributed by atoms with E-state index in [4.69, 9.17) is 33.1 Å². The first kappa shape index (κ1) is 15.3. The van der Waals surface area contributed by atoms with Crippen LogP contribution < -0.4 is 5.14 Å². The SMILES string of the molecule is NS(=O)(=O)c1cc(C2(Cl)OC(=O)c3ccccc32)ccc1Cl. The first-order chi connectivity index (χ1) is 10.2. The number of esters is 1. The number of cyclic esters (lactones) is 1. The number of primary sulfonamides is 1. The van der Waals surface area contributed by atoms with Crippen LogP contribution in [0.5, 0.6) is 0 Å². The first-order valence-corrected chi connectivity index (χ1v) is 8.38. The van der Waals surface area contributed by atoms with E-state index >= 15 is 0 Å². The normalized spacial score (nSPS) is 20.6. The molecule has 0 aliphatic carbocycles. The van der Waals surface area contributed by atoms with Crippen molar-refractivity contribution in [2.24, 2.45) is 5.14 Å². The molecule has 1 aliphatic rings. The van der Waals surface area contributed by atoms with Gasteiger partial charge in [-0.05, 0) is 18.2 Å². The van der Waals surface area contributed by atoms with Crippen molar-refractivity contribution < 1.29 is 17.9 Å². The standard InChI is InChI=1S/C14H9Cl2NO4S/c15-11-6-5-8(7-12(11)22(17,19)20)14(16)10-4-2-1-3-9(10)13(18)21-14/h1-7H,(H2,17,19,20). The molecular weight excluding hydrogens is 349 g/mol. The zero-order valence-corrected chi connectivity index (χ0v) is 13.2. The Bertz CT molecular complexity index is 897. The highest BCUT2D eigenvalue weighted by Gasteiger charge is 2.45. The number of sulfonamides is 1. The maximum Gasteiger partial charge on any atom is 0.340 e. The van der Waals surface area contributed by atoms with Gasteiger partial charge in [0.2, 0.25) is 15.1 Å². The third-order valence-corrected chi connectivity index (χ3v) is 5.23. The molecular formula is C14H9Cl2NO4S. The van der Waals surface area contributed by atoms with E-state index in [-0.39, 0.29) is 15.5 Å². The number of carbonyl (C=O) groups is 1. The molecule has 1 heterocycles. The molecule has 0 amide bonds. The molecule has 0 spiro atoms. The van der Waals surface area contributed by atoms with Crippen LogP contribution in [-0.2, 0) is 19.8 Å². The van der Waals surface area contributed by atoms with Gasteiger partial charge in [0.15, 0.2) is 0 Å². The van der Waals surface area contributed by atoms with E-state index in [9.17, 15) is 13.2 Å². The second-order valence-electron chi connectivity index (χ2n) is 4.72. The van der Waals surface area contributed by atoms with Crippen LogP contribution in [0.25, 0.3) is 0 Å². The molecule has 1 aliphatic heterocycles. The summed E-state index contributed by atoms with van der Waals surface area (Å²) in [5, 5.41) is 3.48. The Morgan fingerprint density at radius 1 is 1.14 bits per heavy atom. The maximum atomic E-state index is 11.9. The lowest BCUT2D eigenvalue weighted by Gasteiger charge is -2.22. The second kappa shape index (κ2) is 4.96. The Hall–Kier alpha value is -1.60. The fourth-order valence-electron chi connectivity index (χ4n) is 2.32. The van der Waals surface area contributed by atoms with E-state index < -0.39 is 21.1 Å². The number of benzene rings is 2. The molecule has 0 bridgehead atoms. The molecule has 8 heteroatoms. The number of nitrogens with two attached hydrogens (primary N) is 1. The van der Waals surface area contributed by atoms with Gasteiger partial charge in [-0.2, -0.15) is 0 Å². The highest BCUT2D eigenvalue weighted by Crippen LogP contribution is 2.46. The summed E-state index contributed by atoms with van der Waals surface area (Å²) in [5.41, 5.74) is 1.01.